The molecule has 0 bridgehead atoms. The number of rotatable bonds is 3. The smallest absolute Gasteiger partial charge is 0.246 e. The number of β-lactam (4-membered cyclic amide) rings is 1. The minimum absolute atomic E-state index is 0.121. The van der Waals surface area contributed by atoms with E-state index >= 15 is 0 Å². The standard InChI is InChI=1S/C12H21N3O3/c1-6-4-5-12(14-6)8(3)15(11(12)18)9(7(2)16)10(13)17/h6-9,14,16H,4-5H2,1-3H3,(H2,13,17)/t6?,7-,8?,9+,12+/m1/s1. The molecule has 0 aromatic carbocycles. The Bertz CT molecular complexity index is 385. The summed E-state index contributed by atoms with van der Waals surface area (Å²) in [6.45, 7) is 5.41. The second kappa shape index (κ2) is 4.20. The molecule has 4 N–H and O–H groups in total. The van der Waals surface area contributed by atoms with Crippen LogP contribution in [0.4, 0.5) is 0 Å². The van der Waals surface area contributed by atoms with Crippen molar-refractivity contribution in [2.45, 2.75) is 63.4 Å². The summed E-state index contributed by atoms with van der Waals surface area (Å²) in [5.41, 5.74) is 4.72. The highest BCUT2D eigenvalue weighted by atomic mass is 16.3. The van der Waals surface area contributed by atoms with E-state index in [1.54, 1.807) is 0 Å². The van der Waals surface area contributed by atoms with Crippen LogP contribution in [0.15, 0.2) is 0 Å². The maximum absolute atomic E-state index is 12.3. The Balaban J connectivity index is 2.20. The highest BCUT2D eigenvalue weighted by molar-refractivity contribution is 5.98. The van der Waals surface area contributed by atoms with Crippen molar-refractivity contribution in [1.82, 2.24) is 10.2 Å². The van der Waals surface area contributed by atoms with Crippen molar-refractivity contribution >= 4 is 11.8 Å². The molecular weight excluding hydrogens is 234 g/mol. The van der Waals surface area contributed by atoms with Gasteiger partial charge in [-0.15, -0.1) is 0 Å². The third kappa shape index (κ3) is 1.63. The molecule has 0 aromatic rings. The fourth-order valence-electron chi connectivity index (χ4n) is 3.26. The van der Waals surface area contributed by atoms with Crippen molar-refractivity contribution in [3.05, 3.63) is 0 Å². The van der Waals surface area contributed by atoms with Crippen LogP contribution < -0.4 is 11.1 Å². The fraction of sp³-hybridized carbons (Fsp3) is 0.833. The predicted octanol–water partition coefficient (Wildman–Crippen LogP) is -1.04. The van der Waals surface area contributed by atoms with E-state index in [4.69, 9.17) is 5.73 Å². The van der Waals surface area contributed by atoms with E-state index in [0.29, 0.717) is 6.04 Å². The Morgan fingerprint density at radius 2 is 2.22 bits per heavy atom. The monoisotopic (exact) mass is 255 g/mol. The molecule has 0 aromatic heterocycles. The molecule has 2 aliphatic rings. The summed E-state index contributed by atoms with van der Waals surface area (Å²) in [6.07, 6.45) is 0.764. The predicted molar refractivity (Wildman–Crippen MR) is 65.5 cm³/mol. The first-order valence-electron chi connectivity index (χ1n) is 6.39. The summed E-state index contributed by atoms with van der Waals surface area (Å²) in [4.78, 5) is 25.1. The van der Waals surface area contributed by atoms with Gasteiger partial charge in [0.15, 0.2) is 0 Å². The molecule has 0 aliphatic carbocycles. The average molecular weight is 255 g/mol. The third-order valence-corrected chi connectivity index (χ3v) is 4.27. The molecule has 0 saturated carbocycles. The maximum atomic E-state index is 12.3. The molecule has 2 amide bonds. The summed E-state index contributed by atoms with van der Waals surface area (Å²) >= 11 is 0. The first-order chi connectivity index (χ1) is 8.31. The molecular formula is C12H21N3O3. The zero-order valence-corrected chi connectivity index (χ0v) is 11.0. The fourth-order valence-corrected chi connectivity index (χ4v) is 3.26. The van der Waals surface area contributed by atoms with Gasteiger partial charge in [0.25, 0.3) is 0 Å². The minimum atomic E-state index is -0.954. The number of nitrogens with zero attached hydrogens (tertiary/aromatic N) is 1. The van der Waals surface area contributed by atoms with E-state index in [-0.39, 0.29) is 11.9 Å². The topological polar surface area (TPSA) is 95.7 Å². The summed E-state index contributed by atoms with van der Waals surface area (Å²) in [5, 5.41) is 12.9. The first-order valence-corrected chi connectivity index (χ1v) is 6.39. The van der Waals surface area contributed by atoms with Crippen molar-refractivity contribution in [2.75, 3.05) is 0 Å². The molecule has 2 saturated heterocycles. The van der Waals surface area contributed by atoms with Gasteiger partial charge in [-0.25, -0.2) is 0 Å². The summed E-state index contributed by atoms with van der Waals surface area (Å²) < 4.78 is 0. The van der Waals surface area contributed by atoms with E-state index in [1.807, 2.05) is 13.8 Å². The lowest BCUT2D eigenvalue weighted by Gasteiger charge is -2.56. The molecule has 18 heavy (non-hydrogen) atoms. The van der Waals surface area contributed by atoms with E-state index in [2.05, 4.69) is 5.32 Å². The largest absolute Gasteiger partial charge is 0.391 e. The molecule has 2 aliphatic heterocycles. The van der Waals surface area contributed by atoms with Crippen LogP contribution in [0.2, 0.25) is 0 Å². The van der Waals surface area contributed by atoms with Gasteiger partial charge in [-0.2, -0.15) is 0 Å². The van der Waals surface area contributed by atoms with Gasteiger partial charge in [-0.3, -0.25) is 14.9 Å². The Kier molecular flexibility index (Phi) is 3.11. The van der Waals surface area contributed by atoms with Gasteiger partial charge in [0.05, 0.1) is 12.1 Å². The zero-order chi connectivity index (χ0) is 13.7. The molecule has 6 heteroatoms. The van der Waals surface area contributed by atoms with Gasteiger partial charge in [-0.05, 0) is 33.6 Å². The number of primary amides is 1. The van der Waals surface area contributed by atoms with Gasteiger partial charge in [-0.1, -0.05) is 0 Å². The van der Waals surface area contributed by atoms with Crippen molar-refractivity contribution in [3.63, 3.8) is 0 Å². The number of likely N-dealkylation sites (tertiary alicyclic amines) is 1. The second-order valence-corrected chi connectivity index (χ2v) is 5.53. The Morgan fingerprint density at radius 1 is 1.61 bits per heavy atom. The number of nitrogens with one attached hydrogen (secondary N) is 1. The van der Waals surface area contributed by atoms with Crippen LogP contribution in [0.3, 0.4) is 0 Å². The number of aliphatic hydroxyl groups excluding tert-OH is 1. The van der Waals surface area contributed by atoms with Crippen LogP contribution in [0.5, 0.6) is 0 Å². The van der Waals surface area contributed by atoms with Crippen LogP contribution >= 0.6 is 0 Å². The number of hydrogen-bond donors (Lipinski definition) is 3. The lowest BCUT2D eigenvalue weighted by molar-refractivity contribution is -0.173. The molecule has 102 valence electrons. The summed E-state index contributed by atoms with van der Waals surface area (Å²) in [6, 6.07) is -0.755. The molecule has 5 atom stereocenters. The van der Waals surface area contributed by atoms with Crippen LogP contribution in [0.25, 0.3) is 0 Å². The molecule has 1 spiro atoms. The molecule has 2 unspecified atom stereocenters. The van der Waals surface area contributed by atoms with Crippen LogP contribution in [0.1, 0.15) is 33.6 Å². The van der Waals surface area contributed by atoms with Gasteiger partial charge < -0.3 is 15.7 Å². The highest BCUT2D eigenvalue weighted by Gasteiger charge is 2.63. The van der Waals surface area contributed by atoms with Gasteiger partial charge in [0.2, 0.25) is 11.8 Å². The van der Waals surface area contributed by atoms with Gasteiger partial charge in [0.1, 0.15) is 11.6 Å². The summed E-state index contributed by atoms with van der Waals surface area (Å²) in [7, 11) is 0. The zero-order valence-electron chi connectivity index (χ0n) is 11.0. The SMILES string of the molecule is CC1CC[C@@]2(N1)C(=O)N([C@H](C(N)=O)[C@@H](C)O)C2C. The number of carbonyl (C=O) groups is 2. The highest BCUT2D eigenvalue weighted by Crippen LogP contribution is 2.41. The second-order valence-electron chi connectivity index (χ2n) is 5.53. The lowest BCUT2D eigenvalue weighted by Crippen LogP contribution is -2.81. The minimum Gasteiger partial charge on any atom is -0.391 e. The molecule has 6 nitrogen and oxygen atoms in total. The Morgan fingerprint density at radius 3 is 2.56 bits per heavy atom. The number of carbonyl (C=O) groups excluding carboxylic acids is 2. The third-order valence-electron chi connectivity index (χ3n) is 4.27. The Hall–Kier alpha value is -1.14. The van der Waals surface area contributed by atoms with Crippen LogP contribution in [-0.2, 0) is 9.59 Å². The van der Waals surface area contributed by atoms with E-state index < -0.39 is 23.6 Å². The van der Waals surface area contributed by atoms with Crippen molar-refractivity contribution in [2.24, 2.45) is 5.73 Å². The number of nitrogens with two attached hydrogens (primary N) is 1. The average Bonchev–Trinajstić information content (AvgIpc) is 2.68. The van der Waals surface area contributed by atoms with E-state index in [0.717, 1.165) is 12.8 Å². The molecule has 2 fully saturated rings. The normalized spacial score (nSPS) is 38.7. The van der Waals surface area contributed by atoms with Gasteiger partial charge >= 0.3 is 0 Å². The quantitative estimate of drug-likeness (QED) is 0.561. The number of aliphatic hydroxyl groups is 1. The van der Waals surface area contributed by atoms with Crippen molar-refractivity contribution in [3.8, 4) is 0 Å². The molecule has 0 radical (unpaired) electrons. The molecule has 2 rings (SSSR count). The van der Waals surface area contributed by atoms with E-state index in [1.165, 1.54) is 11.8 Å². The van der Waals surface area contributed by atoms with Crippen molar-refractivity contribution in [1.29, 1.82) is 0 Å². The Labute approximate surface area is 107 Å². The first kappa shape index (κ1) is 13.3. The maximum Gasteiger partial charge on any atom is 0.246 e. The van der Waals surface area contributed by atoms with E-state index in [9.17, 15) is 14.7 Å². The van der Waals surface area contributed by atoms with Crippen LogP contribution in [0, 0.1) is 0 Å². The molecule has 2 heterocycles. The van der Waals surface area contributed by atoms with Crippen LogP contribution in [-0.4, -0.2) is 51.6 Å². The number of amides is 2. The number of hydrogen-bond acceptors (Lipinski definition) is 4. The van der Waals surface area contributed by atoms with Gasteiger partial charge in [0, 0.05) is 6.04 Å². The summed E-state index contributed by atoms with van der Waals surface area (Å²) in [5.74, 6) is -0.782. The lowest BCUT2D eigenvalue weighted by atomic mass is 9.76. The van der Waals surface area contributed by atoms with Crippen molar-refractivity contribution < 1.29 is 14.7 Å².